The molecule has 762 valence electrons. The second kappa shape index (κ2) is 57.4. The number of ether oxygens (including phenoxy) is 21. The Labute approximate surface area is 856 Å². The predicted octanol–water partition coefficient (Wildman–Crippen LogP) is 20.2. The molecule has 4 saturated heterocycles. The molecule has 4 fully saturated rings. The van der Waals surface area contributed by atoms with E-state index < -0.39 is 129 Å². The van der Waals surface area contributed by atoms with E-state index in [1.807, 2.05) is 394 Å². The fourth-order valence-electron chi connectivity index (χ4n) is 18.3. The first-order valence-corrected chi connectivity index (χ1v) is 50.4. The molecule has 0 unspecified atom stereocenters. The minimum absolute atomic E-state index is 0.000141. The molecular weight excluding hydrogens is 1850 g/mol. The van der Waals surface area contributed by atoms with Crippen LogP contribution in [0.5, 0.6) is 0 Å². The monoisotopic (exact) mass is 1980 g/mol. The highest BCUT2D eigenvalue weighted by molar-refractivity contribution is 5.67. The van der Waals surface area contributed by atoms with Crippen LogP contribution in [0.15, 0.2) is 407 Å². The van der Waals surface area contributed by atoms with Crippen LogP contribution >= 0.6 is 0 Å². The number of amides is 1. The molecule has 1 amide bonds. The third kappa shape index (κ3) is 31.8. The normalized spacial score (nSPS) is 24.1. The van der Waals surface area contributed by atoms with E-state index in [0.29, 0.717) is 0 Å². The van der Waals surface area contributed by atoms with Crippen LogP contribution < -0.4 is 0 Å². The SMILES string of the molecule is C=CCO[C@@H]1[C@H](O)[C@@H](O[C@@H]2[C@H](OCc3ccccc3)[C@@H](O[C@@H]3[C@@H](O[C@@H]4[C@@H](OCCCN(Cc5ccccc5)C(=O)OCc5ccccc5)O[C@H](COCc5ccccc5)[C@@H](OCc5ccccc5)[C@@H]4OCc4ccccc4)O[C@H](COCc4ccccc4)[C@@H](OCc4ccccc4)[C@@H]3OCc3ccccc3)O[C@H](COCc3ccccc3)[C@H]2OCc2ccccc2)O[C@H](COCc2ccccc2)[C@H]1OCc1ccccc1. The third-order valence-corrected chi connectivity index (χ3v) is 25.8. The van der Waals surface area contributed by atoms with Crippen molar-refractivity contribution in [2.45, 2.75) is 215 Å². The molecule has 0 aromatic heterocycles. The summed E-state index contributed by atoms with van der Waals surface area (Å²) in [6.07, 6.45) is -24.2. The van der Waals surface area contributed by atoms with Crippen LogP contribution in [0.2, 0.25) is 0 Å². The molecule has 1 N–H and O–H groups in total. The third-order valence-electron chi connectivity index (χ3n) is 25.8. The Balaban J connectivity index is 0.828. The molecule has 4 heterocycles. The van der Waals surface area contributed by atoms with Crippen LogP contribution in [0.4, 0.5) is 4.79 Å². The molecule has 17 rings (SSSR count). The lowest BCUT2D eigenvalue weighted by Gasteiger charge is -2.52. The van der Waals surface area contributed by atoms with Crippen molar-refractivity contribution >= 4 is 6.09 Å². The maximum absolute atomic E-state index is 14.7. The summed E-state index contributed by atoms with van der Waals surface area (Å²) in [6.45, 7) is 5.12. The van der Waals surface area contributed by atoms with Crippen molar-refractivity contribution < 1.29 is 109 Å². The van der Waals surface area contributed by atoms with Gasteiger partial charge in [0, 0.05) is 13.1 Å². The predicted molar refractivity (Wildman–Crippen MR) is 549 cm³/mol. The molecular formula is C122H131NO23. The fraction of sp³-hybridized carbons (Fsp3) is 0.336. The van der Waals surface area contributed by atoms with Crippen LogP contribution in [0.3, 0.4) is 0 Å². The molecule has 0 spiro atoms. The molecule has 24 nitrogen and oxygen atoms in total. The molecule has 20 atom stereocenters. The highest BCUT2D eigenvalue weighted by Gasteiger charge is 2.60. The van der Waals surface area contributed by atoms with E-state index in [0.717, 1.165) is 72.3 Å². The Bertz CT molecular complexity index is 5790. The van der Waals surface area contributed by atoms with Gasteiger partial charge in [-0.1, -0.05) is 400 Å². The zero-order valence-electron chi connectivity index (χ0n) is 82.1. The maximum Gasteiger partial charge on any atom is 0.410 e. The van der Waals surface area contributed by atoms with E-state index >= 15 is 0 Å². The number of hydrogen-bond acceptors (Lipinski definition) is 23. The van der Waals surface area contributed by atoms with Gasteiger partial charge in [-0.25, -0.2) is 4.79 Å². The summed E-state index contributed by atoms with van der Waals surface area (Å²) in [7, 11) is 0. The number of hydrogen-bond donors (Lipinski definition) is 1. The molecule has 0 radical (unpaired) electrons. The first-order valence-electron chi connectivity index (χ1n) is 50.4. The zero-order chi connectivity index (χ0) is 99.6. The Morgan fingerprint density at radius 3 is 0.808 bits per heavy atom. The molecule has 24 heteroatoms. The van der Waals surface area contributed by atoms with Crippen molar-refractivity contribution in [3.8, 4) is 0 Å². The van der Waals surface area contributed by atoms with Gasteiger partial charge in [-0.15, -0.1) is 6.58 Å². The number of carbonyl (C=O) groups is 1. The Morgan fingerprint density at radius 1 is 0.253 bits per heavy atom. The topological polar surface area (TPSA) is 234 Å². The molecule has 146 heavy (non-hydrogen) atoms. The van der Waals surface area contributed by atoms with Gasteiger partial charge in [0.15, 0.2) is 25.2 Å². The van der Waals surface area contributed by atoms with Crippen molar-refractivity contribution in [3.05, 3.63) is 479 Å². The molecule has 0 aliphatic carbocycles. The Morgan fingerprint density at radius 2 is 0.493 bits per heavy atom. The van der Waals surface area contributed by atoms with Gasteiger partial charge in [0.05, 0.1) is 112 Å². The molecule has 0 saturated carbocycles. The summed E-state index contributed by atoms with van der Waals surface area (Å²) in [4.78, 5) is 16.4. The Kier molecular flexibility index (Phi) is 41.4. The van der Waals surface area contributed by atoms with Crippen LogP contribution in [0.25, 0.3) is 0 Å². The molecule has 4 aliphatic rings. The van der Waals surface area contributed by atoms with Gasteiger partial charge in [0.2, 0.25) is 0 Å². The van der Waals surface area contributed by atoms with Crippen molar-refractivity contribution in [1.29, 1.82) is 0 Å². The first-order chi connectivity index (χ1) is 72.2. The highest BCUT2D eigenvalue weighted by atomic mass is 16.8. The van der Waals surface area contributed by atoms with Gasteiger partial charge in [-0.05, 0) is 78.7 Å². The molecule has 0 bridgehead atoms. The van der Waals surface area contributed by atoms with Gasteiger partial charge in [-0.3, -0.25) is 0 Å². The van der Waals surface area contributed by atoms with Crippen molar-refractivity contribution in [2.24, 2.45) is 0 Å². The van der Waals surface area contributed by atoms with E-state index in [4.69, 9.17) is 99.5 Å². The second-order valence-electron chi connectivity index (χ2n) is 36.6. The van der Waals surface area contributed by atoms with Crippen molar-refractivity contribution in [1.82, 2.24) is 4.90 Å². The summed E-state index contributed by atoms with van der Waals surface area (Å²) in [5.41, 5.74) is 11.2. The average molecular weight is 1980 g/mol. The van der Waals surface area contributed by atoms with Gasteiger partial charge in [0.25, 0.3) is 0 Å². The van der Waals surface area contributed by atoms with E-state index in [2.05, 4.69) is 6.58 Å². The lowest BCUT2D eigenvalue weighted by atomic mass is 9.94. The summed E-state index contributed by atoms with van der Waals surface area (Å²) in [6, 6.07) is 128. The summed E-state index contributed by atoms with van der Waals surface area (Å²) >= 11 is 0. The van der Waals surface area contributed by atoms with Crippen LogP contribution in [-0.4, -0.2) is 185 Å². The number of nitrogens with zero attached hydrogens (tertiary/aromatic N) is 1. The zero-order valence-corrected chi connectivity index (χ0v) is 82.1. The largest absolute Gasteiger partial charge is 0.445 e. The first kappa shape index (κ1) is 105. The smallest absolute Gasteiger partial charge is 0.410 e. The van der Waals surface area contributed by atoms with Crippen LogP contribution in [-0.2, 0) is 185 Å². The standard InChI is InChI=1S/C122H131NO23/c1-2-70-130-111-106(124)118(140-102(85-126-73-90-45-18-4-19-46-90)107(111)132-77-94-53-26-8-27-54-94)144-114-110(135-80-97-59-32-11-33-60-97)105(88-129-76-93-51-24-7-25-52-93)142-120(115(114)138-83-100-65-38-14-39-66-100)146-117-113(137-82-99-63-36-13-37-64-99)109(134-79-96-57-30-10-31-58-96)104(87-128-75-92-49-22-6-23-50-92)143-121(117)145-116-112(136-81-98-61-34-12-35-62-98)108(133-78-95-55-28-9-29-56-95)103(86-127-74-91-47-20-5-21-48-91)141-119(116)131-71-42-69-123(72-89-43-16-3-17-44-89)122(125)139-84-101-67-40-15-41-68-101/h2-41,43-68,102-121,124H,1,42,69-88H2/t102-,103-,104-,105-,106+,107-,108-,109-,110-,111-,112+,113+,114+,115+,116+,117+,118-,119+,120-,121-/m1/s1. The number of carbonyl (C=O) groups excluding carboxylic acids is 1. The lowest BCUT2D eigenvalue weighted by molar-refractivity contribution is -0.412. The van der Waals surface area contributed by atoms with Gasteiger partial charge in [-0.2, -0.15) is 0 Å². The van der Waals surface area contributed by atoms with Crippen molar-refractivity contribution in [2.75, 3.05) is 46.2 Å². The molecule has 4 aliphatic heterocycles. The number of rotatable bonds is 55. The minimum Gasteiger partial charge on any atom is -0.445 e. The molecule has 13 aromatic carbocycles. The van der Waals surface area contributed by atoms with E-state index in [9.17, 15) is 9.90 Å². The van der Waals surface area contributed by atoms with E-state index in [1.165, 1.54) is 0 Å². The van der Waals surface area contributed by atoms with E-state index in [-0.39, 0.29) is 138 Å². The summed E-state index contributed by atoms with van der Waals surface area (Å²) in [5, 5.41) is 13.7. The number of aliphatic hydroxyl groups excluding tert-OH is 1. The number of aliphatic hydroxyl groups is 1. The lowest BCUT2D eigenvalue weighted by Crippen LogP contribution is -2.69. The summed E-state index contributed by atoms with van der Waals surface area (Å²) < 4.78 is 155. The maximum atomic E-state index is 14.7. The van der Waals surface area contributed by atoms with Gasteiger partial charge in [0.1, 0.15) is 104 Å². The van der Waals surface area contributed by atoms with Crippen LogP contribution in [0.1, 0.15) is 78.7 Å². The Hall–Kier alpha value is -12.0. The van der Waals surface area contributed by atoms with E-state index in [1.54, 1.807) is 11.0 Å². The average Bonchev–Trinajstić information content (AvgIpc) is 0.778. The number of benzene rings is 13. The van der Waals surface area contributed by atoms with Gasteiger partial charge >= 0.3 is 6.09 Å². The van der Waals surface area contributed by atoms with Gasteiger partial charge < -0.3 is 109 Å². The molecule has 13 aromatic rings. The highest BCUT2D eigenvalue weighted by Crippen LogP contribution is 2.42. The minimum atomic E-state index is -1.64. The quantitative estimate of drug-likeness (QED) is 0.0275. The van der Waals surface area contributed by atoms with Crippen LogP contribution in [0, 0.1) is 0 Å². The summed E-state index contributed by atoms with van der Waals surface area (Å²) in [5.74, 6) is 0. The second-order valence-corrected chi connectivity index (χ2v) is 36.6. The fourth-order valence-corrected chi connectivity index (χ4v) is 18.3. The van der Waals surface area contributed by atoms with Crippen molar-refractivity contribution in [3.63, 3.8) is 0 Å².